The van der Waals surface area contributed by atoms with Crippen molar-refractivity contribution in [1.29, 1.82) is 0 Å². The Morgan fingerprint density at radius 2 is 1.96 bits per heavy atom. The maximum Gasteiger partial charge on any atom is 0.191 e. The van der Waals surface area contributed by atoms with Crippen LogP contribution in [0.5, 0.6) is 0 Å². The molecule has 0 spiro atoms. The lowest BCUT2D eigenvalue weighted by Gasteiger charge is -2.03. The zero-order chi connectivity index (χ0) is 19.0. The van der Waals surface area contributed by atoms with Crippen LogP contribution in [-0.4, -0.2) is 20.0 Å². The normalized spacial score (nSPS) is 11.6. The van der Waals surface area contributed by atoms with Crippen molar-refractivity contribution in [3.05, 3.63) is 89.9 Å². The molecule has 4 rings (SSSR count). The van der Waals surface area contributed by atoms with Crippen molar-refractivity contribution in [1.82, 2.24) is 14.2 Å². The molecule has 134 valence electrons. The standard InChI is InChI=1S/C22H18FN3O/c1-3-13-25-18-9-4-5-10-19(18)26-22(25)21(15(2)24-26)20(27)12-11-16-7-6-8-17(23)14-16/h3-12,14H,1,13H2,2H3. The molecule has 2 aromatic carbocycles. The van der Waals surface area contributed by atoms with Crippen molar-refractivity contribution >= 4 is 28.5 Å². The van der Waals surface area contributed by atoms with Gasteiger partial charge in [-0.3, -0.25) is 4.79 Å². The molecule has 5 heteroatoms. The van der Waals surface area contributed by atoms with Crippen LogP contribution in [0.2, 0.25) is 0 Å². The lowest BCUT2D eigenvalue weighted by molar-refractivity contribution is 0.104. The Morgan fingerprint density at radius 1 is 1.19 bits per heavy atom. The summed E-state index contributed by atoms with van der Waals surface area (Å²) in [7, 11) is 0. The number of ketones is 1. The summed E-state index contributed by atoms with van der Waals surface area (Å²) in [5.41, 5.74) is 4.50. The second-order valence-corrected chi connectivity index (χ2v) is 6.34. The summed E-state index contributed by atoms with van der Waals surface area (Å²) in [6.45, 7) is 6.22. The summed E-state index contributed by atoms with van der Waals surface area (Å²) < 4.78 is 17.2. The third-order valence-corrected chi connectivity index (χ3v) is 4.53. The number of aromatic nitrogens is 3. The monoisotopic (exact) mass is 359 g/mol. The summed E-state index contributed by atoms with van der Waals surface area (Å²) in [5, 5.41) is 4.58. The van der Waals surface area contributed by atoms with Crippen LogP contribution in [0.1, 0.15) is 21.6 Å². The van der Waals surface area contributed by atoms with E-state index < -0.39 is 0 Å². The molecular formula is C22H18FN3O. The van der Waals surface area contributed by atoms with Crippen molar-refractivity contribution in [3.63, 3.8) is 0 Å². The molecule has 0 saturated carbocycles. The maximum atomic E-state index is 13.3. The Hall–Kier alpha value is -3.47. The van der Waals surface area contributed by atoms with Gasteiger partial charge in [0.25, 0.3) is 0 Å². The molecule has 0 aliphatic rings. The topological polar surface area (TPSA) is 39.3 Å². The molecule has 2 heterocycles. The van der Waals surface area contributed by atoms with Gasteiger partial charge in [0.1, 0.15) is 11.5 Å². The van der Waals surface area contributed by atoms with Gasteiger partial charge in [-0.05, 0) is 42.8 Å². The molecule has 0 amide bonds. The Kier molecular flexibility index (Phi) is 4.20. The number of para-hydroxylation sites is 2. The number of rotatable bonds is 5. The minimum absolute atomic E-state index is 0.167. The molecular weight excluding hydrogens is 341 g/mol. The highest BCUT2D eigenvalue weighted by molar-refractivity contribution is 6.12. The van der Waals surface area contributed by atoms with Gasteiger partial charge in [-0.1, -0.05) is 36.4 Å². The van der Waals surface area contributed by atoms with Gasteiger partial charge in [0.05, 0.1) is 22.3 Å². The van der Waals surface area contributed by atoms with Crippen LogP contribution in [0.15, 0.2) is 67.3 Å². The number of benzene rings is 2. The van der Waals surface area contributed by atoms with Gasteiger partial charge in [0, 0.05) is 6.54 Å². The highest BCUT2D eigenvalue weighted by Crippen LogP contribution is 2.26. The van der Waals surface area contributed by atoms with Gasteiger partial charge in [-0.15, -0.1) is 6.58 Å². The second kappa shape index (κ2) is 6.68. The summed E-state index contributed by atoms with van der Waals surface area (Å²) >= 11 is 0. The maximum absolute atomic E-state index is 13.3. The van der Waals surface area contributed by atoms with E-state index >= 15 is 0 Å². The third-order valence-electron chi connectivity index (χ3n) is 4.53. The molecule has 2 aromatic heterocycles. The van der Waals surface area contributed by atoms with Crippen molar-refractivity contribution in [2.75, 3.05) is 0 Å². The number of allylic oxidation sites excluding steroid dienone is 2. The molecule has 0 unspecified atom stereocenters. The highest BCUT2D eigenvalue weighted by Gasteiger charge is 2.21. The number of aryl methyl sites for hydroxylation is 1. The molecule has 4 nitrogen and oxygen atoms in total. The molecule has 27 heavy (non-hydrogen) atoms. The van der Waals surface area contributed by atoms with Crippen molar-refractivity contribution in [2.24, 2.45) is 0 Å². The molecule has 0 radical (unpaired) electrons. The van der Waals surface area contributed by atoms with E-state index in [0.717, 1.165) is 16.7 Å². The van der Waals surface area contributed by atoms with Crippen molar-refractivity contribution < 1.29 is 9.18 Å². The molecule has 0 aliphatic heterocycles. The van der Waals surface area contributed by atoms with Crippen LogP contribution < -0.4 is 0 Å². The first kappa shape index (κ1) is 17.0. The number of nitrogens with zero attached hydrogens (tertiary/aromatic N) is 3. The summed E-state index contributed by atoms with van der Waals surface area (Å²) in [6.07, 6.45) is 4.88. The van der Waals surface area contributed by atoms with Crippen LogP contribution >= 0.6 is 0 Å². The van der Waals surface area contributed by atoms with E-state index in [1.165, 1.54) is 18.2 Å². The summed E-state index contributed by atoms with van der Waals surface area (Å²) in [6, 6.07) is 14.0. The smallest absolute Gasteiger partial charge is 0.191 e. The van der Waals surface area contributed by atoms with Gasteiger partial charge < -0.3 is 4.57 Å². The van der Waals surface area contributed by atoms with E-state index in [2.05, 4.69) is 11.7 Å². The first-order chi connectivity index (χ1) is 13.1. The fourth-order valence-corrected chi connectivity index (χ4v) is 3.39. The number of hydrogen-bond donors (Lipinski definition) is 0. The minimum atomic E-state index is -0.334. The Balaban J connectivity index is 1.87. The second-order valence-electron chi connectivity index (χ2n) is 6.34. The average Bonchev–Trinajstić information content (AvgIpc) is 3.14. The van der Waals surface area contributed by atoms with E-state index in [0.29, 0.717) is 23.4 Å². The van der Waals surface area contributed by atoms with Crippen LogP contribution in [-0.2, 0) is 6.54 Å². The van der Waals surface area contributed by atoms with Crippen molar-refractivity contribution in [2.45, 2.75) is 13.5 Å². The SMILES string of the molecule is C=CCn1c2ccccc2n2nc(C)c(C(=O)C=Cc3cccc(F)c3)c12. The number of hydrogen-bond acceptors (Lipinski definition) is 2. The predicted molar refractivity (Wildman–Crippen MR) is 105 cm³/mol. The number of halogens is 1. The summed E-state index contributed by atoms with van der Waals surface area (Å²) in [5.74, 6) is -0.500. The van der Waals surface area contributed by atoms with Crippen LogP contribution in [0.3, 0.4) is 0 Å². The van der Waals surface area contributed by atoms with Gasteiger partial charge in [0.2, 0.25) is 0 Å². The quantitative estimate of drug-likeness (QED) is 0.291. The average molecular weight is 359 g/mol. The highest BCUT2D eigenvalue weighted by atomic mass is 19.1. The first-order valence-corrected chi connectivity index (χ1v) is 8.65. The first-order valence-electron chi connectivity index (χ1n) is 8.65. The number of carbonyl (C=O) groups is 1. The van der Waals surface area contributed by atoms with E-state index in [1.807, 2.05) is 35.8 Å². The van der Waals surface area contributed by atoms with Gasteiger partial charge >= 0.3 is 0 Å². The third kappa shape index (κ3) is 2.87. The Bertz CT molecular complexity index is 1210. The van der Waals surface area contributed by atoms with Gasteiger partial charge in [0.15, 0.2) is 5.78 Å². The molecule has 0 bridgehead atoms. The lowest BCUT2D eigenvalue weighted by atomic mass is 10.1. The molecule has 0 fully saturated rings. The van der Waals surface area contributed by atoms with E-state index in [1.54, 1.807) is 28.8 Å². The number of fused-ring (bicyclic) bond motifs is 3. The number of imidazole rings is 1. The Labute approximate surface area is 155 Å². The Morgan fingerprint density at radius 3 is 2.70 bits per heavy atom. The zero-order valence-corrected chi connectivity index (χ0v) is 14.9. The summed E-state index contributed by atoms with van der Waals surface area (Å²) in [4.78, 5) is 13.0. The van der Waals surface area contributed by atoms with Gasteiger partial charge in [-0.2, -0.15) is 5.10 Å². The van der Waals surface area contributed by atoms with Gasteiger partial charge in [-0.25, -0.2) is 8.91 Å². The van der Waals surface area contributed by atoms with Crippen LogP contribution in [0.25, 0.3) is 22.8 Å². The van der Waals surface area contributed by atoms with Crippen molar-refractivity contribution in [3.8, 4) is 0 Å². The zero-order valence-electron chi connectivity index (χ0n) is 14.9. The fourth-order valence-electron chi connectivity index (χ4n) is 3.39. The molecule has 4 aromatic rings. The minimum Gasteiger partial charge on any atom is -0.320 e. The van der Waals surface area contributed by atoms with Crippen LogP contribution in [0.4, 0.5) is 4.39 Å². The lowest BCUT2D eigenvalue weighted by Crippen LogP contribution is -2.02. The van der Waals surface area contributed by atoms with E-state index in [9.17, 15) is 9.18 Å². The predicted octanol–water partition coefficient (Wildman–Crippen LogP) is 4.82. The number of carbonyl (C=O) groups excluding carboxylic acids is 1. The molecule has 0 aliphatic carbocycles. The molecule has 0 saturated heterocycles. The fraction of sp³-hybridized carbons (Fsp3) is 0.0909. The van der Waals surface area contributed by atoms with E-state index in [-0.39, 0.29) is 11.6 Å². The molecule has 0 N–H and O–H groups in total. The largest absolute Gasteiger partial charge is 0.320 e. The van der Waals surface area contributed by atoms with E-state index in [4.69, 9.17) is 0 Å². The van der Waals surface area contributed by atoms with Crippen LogP contribution in [0, 0.1) is 12.7 Å². The molecule has 0 atom stereocenters.